The zero-order valence-corrected chi connectivity index (χ0v) is 11.8. The SMILES string of the molecule is CSc1nc(N)cc(Nc2c(Cl)cccc2Cl)n1. The van der Waals surface area contributed by atoms with Crippen molar-refractivity contribution in [2.45, 2.75) is 5.16 Å². The van der Waals surface area contributed by atoms with Crippen LogP contribution in [0.1, 0.15) is 0 Å². The van der Waals surface area contributed by atoms with Crippen LogP contribution in [-0.4, -0.2) is 16.2 Å². The number of nitrogens with two attached hydrogens (primary N) is 1. The highest BCUT2D eigenvalue weighted by Gasteiger charge is 2.08. The largest absolute Gasteiger partial charge is 0.383 e. The summed E-state index contributed by atoms with van der Waals surface area (Å²) in [6.45, 7) is 0. The van der Waals surface area contributed by atoms with E-state index in [1.165, 1.54) is 11.8 Å². The van der Waals surface area contributed by atoms with Gasteiger partial charge in [0.1, 0.15) is 11.6 Å². The molecular formula is C11H10Cl2N4S. The first kappa shape index (κ1) is 13.3. The van der Waals surface area contributed by atoms with Gasteiger partial charge in [0.05, 0.1) is 15.7 Å². The van der Waals surface area contributed by atoms with Gasteiger partial charge in [-0.1, -0.05) is 41.0 Å². The van der Waals surface area contributed by atoms with Crippen molar-refractivity contribution in [3.8, 4) is 0 Å². The number of hydrogen-bond donors (Lipinski definition) is 2. The van der Waals surface area contributed by atoms with E-state index in [0.717, 1.165) is 0 Å². The summed E-state index contributed by atoms with van der Waals surface area (Å²) >= 11 is 13.5. The molecule has 0 aliphatic carbocycles. The van der Waals surface area contributed by atoms with Gasteiger partial charge in [0.2, 0.25) is 0 Å². The van der Waals surface area contributed by atoms with Crippen molar-refractivity contribution in [3.05, 3.63) is 34.3 Å². The fourth-order valence-corrected chi connectivity index (χ4v) is 2.22. The number of hydrogen-bond acceptors (Lipinski definition) is 5. The minimum atomic E-state index is 0.389. The Morgan fingerprint density at radius 3 is 2.50 bits per heavy atom. The Morgan fingerprint density at radius 1 is 1.22 bits per heavy atom. The number of thioether (sulfide) groups is 1. The molecule has 18 heavy (non-hydrogen) atoms. The summed E-state index contributed by atoms with van der Waals surface area (Å²) in [4.78, 5) is 8.34. The van der Waals surface area contributed by atoms with Gasteiger partial charge in [-0.2, -0.15) is 0 Å². The van der Waals surface area contributed by atoms with Crippen molar-refractivity contribution < 1.29 is 0 Å². The predicted molar refractivity (Wildman–Crippen MR) is 78.0 cm³/mol. The molecule has 2 rings (SSSR count). The van der Waals surface area contributed by atoms with Crippen LogP contribution in [0.2, 0.25) is 10.0 Å². The van der Waals surface area contributed by atoms with Crippen molar-refractivity contribution in [1.29, 1.82) is 0 Å². The van der Waals surface area contributed by atoms with Crippen LogP contribution in [0.4, 0.5) is 17.3 Å². The second-order valence-corrected chi connectivity index (χ2v) is 4.97. The number of rotatable bonds is 3. The molecule has 0 unspecified atom stereocenters. The molecule has 4 nitrogen and oxygen atoms in total. The second kappa shape index (κ2) is 5.65. The second-order valence-electron chi connectivity index (χ2n) is 3.39. The van der Waals surface area contributed by atoms with E-state index >= 15 is 0 Å². The Morgan fingerprint density at radius 2 is 1.89 bits per heavy atom. The number of halogens is 2. The minimum absolute atomic E-state index is 0.389. The quantitative estimate of drug-likeness (QED) is 0.666. The smallest absolute Gasteiger partial charge is 0.191 e. The average molecular weight is 301 g/mol. The molecule has 1 heterocycles. The maximum Gasteiger partial charge on any atom is 0.191 e. The molecule has 0 saturated heterocycles. The van der Waals surface area contributed by atoms with Crippen LogP contribution in [0.3, 0.4) is 0 Å². The van der Waals surface area contributed by atoms with Crippen molar-refractivity contribution >= 4 is 52.3 Å². The van der Waals surface area contributed by atoms with Crippen LogP contribution in [0.5, 0.6) is 0 Å². The summed E-state index contributed by atoms with van der Waals surface area (Å²) in [6, 6.07) is 6.89. The average Bonchev–Trinajstić information content (AvgIpc) is 2.33. The summed E-state index contributed by atoms with van der Waals surface area (Å²) < 4.78 is 0. The van der Waals surface area contributed by atoms with Crippen molar-refractivity contribution in [2.24, 2.45) is 0 Å². The van der Waals surface area contributed by atoms with Gasteiger partial charge in [0.25, 0.3) is 0 Å². The van der Waals surface area contributed by atoms with E-state index in [2.05, 4.69) is 15.3 Å². The number of benzene rings is 1. The third-order valence-electron chi connectivity index (χ3n) is 2.12. The van der Waals surface area contributed by atoms with E-state index in [0.29, 0.717) is 32.5 Å². The fourth-order valence-electron chi connectivity index (χ4n) is 1.34. The van der Waals surface area contributed by atoms with E-state index in [1.54, 1.807) is 24.3 Å². The van der Waals surface area contributed by atoms with Crippen LogP contribution >= 0.6 is 35.0 Å². The van der Waals surface area contributed by atoms with Gasteiger partial charge in [-0.15, -0.1) is 0 Å². The lowest BCUT2D eigenvalue weighted by Gasteiger charge is -2.10. The number of para-hydroxylation sites is 1. The Hall–Kier alpha value is -1.17. The highest BCUT2D eigenvalue weighted by Crippen LogP contribution is 2.32. The highest BCUT2D eigenvalue weighted by atomic mass is 35.5. The molecule has 0 amide bonds. The zero-order chi connectivity index (χ0) is 13.1. The van der Waals surface area contributed by atoms with Gasteiger partial charge in [0.15, 0.2) is 5.16 Å². The first-order chi connectivity index (χ1) is 8.60. The number of anilines is 3. The zero-order valence-electron chi connectivity index (χ0n) is 9.45. The van der Waals surface area contributed by atoms with Crippen molar-refractivity contribution in [1.82, 2.24) is 9.97 Å². The van der Waals surface area contributed by atoms with Gasteiger partial charge >= 0.3 is 0 Å². The summed E-state index contributed by atoms with van der Waals surface area (Å²) in [7, 11) is 0. The number of nitrogens with one attached hydrogen (secondary N) is 1. The summed E-state index contributed by atoms with van der Waals surface area (Å²) in [5.74, 6) is 0.946. The Bertz CT molecular complexity index is 557. The van der Waals surface area contributed by atoms with Gasteiger partial charge in [-0.3, -0.25) is 0 Å². The van der Waals surface area contributed by atoms with E-state index in [4.69, 9.17) is 28.9 Å². The summed E-state index contributed by atoms with van der Waals surface area (Å²) in [5.41, 5.74) is 6.30. The first-order valence-electron chi connectivity index (χ1n) is 4.99. The molecule has 3 N–H and O–H groups in total. The maximum atomic E-state index is 6.07. The Labute approximate surface area is 119 Å². The number of nitrogen functional groups attached to an aromatic ring is 1. The van der Waals surface area contributed by atoms with E-state index < -0.39 is 0 Å². The minimum Gasteiger partial charge on any atom is -0.383 e. The first-order valence-corrected chi connectivity index (χ1v) is 6.98. The lowest BCUT2D eigenvalue weighted by molar-refractivity contribution is 0.984. The number of aromatic nitrogens is 2. The highest BCUT2D eigenvalue weighted by molar-refractivity contribution is 7.98. The number of nitrogens with zero attached hydrogens (tertiary/aromatic N) is 2. The monoisotopic (exact) mass is 300 g/mol. The predicted octanol–water partition coefficient (Wildman–Crippen LogP) is 3.83. The molecule has 7 heteroatoms. The van der Waals surface area contributed by atoms with Crippen molar-refractivity contribution in [2.75, 3.05) is 17.3 Å². The fraction of sp³-hybridized carbons (Fsp3) is 0.0909. The van der Waals surface area contributed by atoms with E-state index in [9.17, 15) is 0 Å². The van der Waals surface area contributed by atoms with E-state index in [-0.39, 0.29) is 0 Å². The van der Waals surface area contributed by atoms with Crippen LogP contribution < -0.4 is 11.1 Å². The van der Waals surface area contributed by atoms with Gasteiger partial charge < -0.3 is 11.1 Å². The van der Waals surface area contributed by atoms with Crippen LogP contribution in [-0.2, 0) is 0 Å². The van der Waals surface area contributed by atoms with E-state index in [1.807, 2.05) is 6.26 Å². The molecule has 1 aromatic heterocycles. The molecule has 94 valence electrons. The van der Waals surface area contributed by atoms with Gasteiger partial charge in [0, 0.05) is 6.07 Å². The standard InChI is InChI=1S/C11H10Cl2N4S/c1-18-11-15-8(14)5-9(17-11)16-10-6(12)3-2-4-7(10)13/h2-5H,1H3,(H3,14,15,16,17). The third-order valence-corrected chi connectivity index (χ3v) is 3.30. The van der Waals surface area contributed by atoms with Gasteiger partial charge in [-0.25, -0.2) is 9.97 Å². The molecule has 1 aromatic carbocycles. The molecule has 0 radical (unpaired) electrons. The van der Waals surface area contributed by atoms with Crippen LogP contribution in [0.15, 0.2) is 29.4 Å². The van der Waals surface area contributed by atoms with Gasteiger partial charge in [-0.05, 0) is 18.4 Å². The molecule has 0 saturated carbocycles. The Balaban J connectivity index is 2.37. The molecule has 0 aliphatic rings. The lowest BCUT2D eigenvalue weighted by Crippen LogP contribution is -2.00. The topological polar surface area (TPSA) is 63.8 Å². The molecule has 0 fully saturated rings. The lowest BCUT2D eigenvalue weighted by atomic mass is 10.3. The molecule has 0 aliphatic heterocycles. The normalized spacial score (nSPS) is 10.4. The molecule has 0 bridgehead atoms. The van der Waals surface area contributed by atoms with Crippen LogP contribution in [0, 0.1) is 0 Å². The summed E-state index contributed by atoms with van der Waals surface area (Å²) in [5, 5.41) is 4.67. The van der Waals surface area contributed by atoms with Crippen LogP contribution in [0.25, 0.3) is 0 Å². The summed E-state index contributed by atoms with van der Waals surface area (Å²) in [6.07, 6.45) is 1.88. The molecular weight excluding hydrogens is 291 g/mol. The Kier molecular flexibility index (Phi) is 4.16. The maximum absolute atomic E-state index is 6.07. The molecule has 0 atom stereocenters. The third kappa shape index (κ3) is 2.98. The molecule has 0 spiro atoms. The van der Waals surface area contributed by atoms with Crippen molar-refractivity contribution in [3.63, 3.8) is 0 Å². The molecule has 2 aromatic rings.